The quantitative estimate of drug-likeness (QED) is 0.747. The molecule has 1 N–H and O–H groups in total. The lowest BCUT2D eigenvalue weighted by atomic mass is 10.1. The Morgan fingerprint density at radius 1 is 1.21 bits per heavy atom. The van der Waals surface area contributed by atoms with E-state index in [2.05, 4.69) is 17.4 Å². The van der Waals surface area contributed by atoms with Gasteiger partial charge in [0.15, 0.2) is 0 Å². The Bertz CT molecular complexity index is 1160. The summed E-state index contributed by atoms with van der Waals surface area (Å²) in [6, 6.07) is 10.3. The SMILES string of the molecule is Cc1cc2nc3n(c(=O)c2n1CC(=O)N[C@@H]1CCc2ccccc21)CCCCC3. The summed E-state index contributed by atoms with van der Waals surface area (Å²) in [5, 5.41) is 3.17. The van der Waals surface area contributed by atoms with E-state index in [1.807, 2.05) is 34.3 Å². The lowest BCUT2D eigenvalue weighted by molar-refractivity contribution is -0.122. The summed E-state index contributed by atoms with van der Waals surface area (Å²) in [6.07, 6.45) is 5.96. The van der Waals surface area contributed by atoms with Crippen molar-refractivity contribution in [2.75, 3.05) is 0 Å². The van der Waals surface area contributed by atoms with Gasteiger partial charge >= 0.3 is 0 Å². The molecule has 1 aliphatic heterocycles. The summed E-state index contributed by atoms with van der Waals surface area (Å²) in [7, 11) is 0. The summed E-state index contributed by atoms with van der Waals surface area (Å²) in [4.78, 5) is 30.9. The first-order valence-electron chi connectivity index (χ1n) is 10.6. The highest BCUT2D eigenvalue weighted by Crippen LogP contribution is 2.30. The van der Waals surface area contributed by atoms with Crippen molar-refractivity contribution in [2.24, 2.45) is 0 Å². The molecule has 6 heteroatoms. The average molecular weight is 390 g/mol. The first-order valence-corrected chi connectivity index (χ1v) is 10.6. The highest BCUT2D eigenvalue weighted by molar-refractivity contribution is 5.82. The van der Waals surface area contributed by atoms with Crippen molar-refractivity contribution in [3.05, 3.63) is 63.3 Å². The van der Waals surface area contributed by atoms with Crippen molar-refractivity contribution in [3.8, 4) is 0 Å². The first-order chi connectivity index (χ1) is 14.1. The minimum Gasteiger partial charge on any atom is -0.348 e. The Morgan fingerprint density at radius 2 is 2.07 bits per heavy atom. The number of fused-ring (bicyclic) bond motifs is 3. The molecule has 3 heterocycles. The maximum Gasteiger partial charge on any atom is 0.278 e. The Labute approximate surface area is 169 Å². The zero-order chi connectivity index (χ0) is 20.0. The summed E-state index contributed by atoms with van der Waals surface area (Å²) < 4.78 is 3.65. The molecular weight excluding hydrogens is 364 g/mol. The number of benzene rings is 1. The highest BCUT2D eigenvalue weighted by Gasteiger charge is 2.24. The van der Waals surface area contributed by atoms with E-state index >= 15 is 0 Å². The Hall–Kier alpha value is -2.89. The molecular formula is C23H26N4O2. The van der Waals surface area contributed by atoms with Crippen molar-refractivity contribution < 1.29 is 4.79 Å². The zero-order valence-corrected chi connectivity index (χ0v) is 16.8. The van der Waals surface area contributed by atoms with Crippen LogP contribution in [0.3, 0.4) is 0 Å². The number of nitrogens with zero attached hydrogens (tertiary/aromatic N) is 3. The molecule has 1 aromatic carbocycles. The number of amides is 1. The molecule has 3 aromatic rings. The van der Waals surface area contributed by atoms with Crippen LogP contribution in [-0.2, 0) is 30.7 Å². The third kappa shape index (κ3) is 3.16. The highest BCUT2D eigenvalue weighted by atomic mass is 16.2. The molecule has 1 amide bonds. The molecule has 29 heavy (non-hydrogen) atoms. The van der Waals surface area contributed by atoms with Crippen LogP contribution < -0.4 is 10.9 Å². The molecule has 0 bridgehead atoms. The molecule has 0 unspecified atom stereocenters. The van der Waals surface area contributed by atoms with Gasteiger partial charge in [-0.15, -0.1) is 0 Å². The second-order valence-corrected chi connectivity index (χ2v) is 8.26. The maximum absolute atomic E-state index is 13.2. The molecule has 2 aromatic heterocycles. The van der Waals surface area contributed by atoms with Crippen LogP contribution in [0.1, 0.15) is 54.4 Å². The average Bonchev–Trinajstić information content (AvgIpc) is 3.14. The second kappa shape index (κ2) is 7.17. The smallest absolute Gasteiger partial charge is 0.278 e. The molecule has 2 aliphatic rings. The minimum absolute atomic E-state index is 0.0148. The zero-order valence-electron chi connectivity index (χ0n) is 16.8. The standard InChI is InChI=1S/C23H26N4O2/c1-15-13-19-22(23(29)26-12-6-2-3-9-20(26)24-19)27(15)14-21(28)25-18-11-10-16-7-4-5-8-17(16)18/h4-5,7-8,13,18H,2-3,6,9-12,14H2,1H3,(H,25,28)/t18-/m1/s1. The summed E-state index contributed by atoms with van der Waals surface area (Å²) in [5.41, 5.74) is 4.66. The topological polar surface area (TPSA) is 68.9 Å². The van der Waals surface area contributed by atoms with E-state index in [1.54, 1.807) is 0 Å². The van der Waals surface area contributed by atoms with E-state index in [0.717, 1.165) is 50.0 Å². The van der Waals surface area contributed by atoms with Gasteiger partial charge in [-0.05, 0) is 49.8 Å². The Balaban J connectivity index is 1.45. The molecule has 1 atom stereocenters. The van der Waals surface area contributed by atoms with Crippen LogP contribution in [0, 0.1) is 6.92 Å². The third-order valence-corrected chi connectivity index (χ3v) is 6.34. The third-order valence-electron chi connectivity index (χ3n) is 6.34. The minimum atomic E-state index is -0.0633. The lowest BCUT2D eigenvalue weighted by Crippen LogP contribution is -2.32. The van der Waals surface area contributed by atoms with Crippen LogP contribution in [-0.4, -0.2) is 20.0 Å². The molecule has 1 aliphatic carbocycles. The van der Waals surface area contributed by atoms with Gasteiger partial charge in [0.2, 0.25) is 5.91 Å². The molecule has 6 nitrogen and oxygen atoms in total. The fourth-order valence-electron chi connectivity index (χ4n) is 4.86. The van der Waals surface area contributed by atoms with E-state index in [0.29, 0.717) is 17.6 Å². The van der Waals surface area contributed by atoms with Crippen LogP contribution >= 0.6 is 0 Å². The van der Waals surface area contributed by atoms with E-state index in [-0.39, 0.29) is 24.1 Å². The first kappa shape index (κ1) is 18.2. The van der Waals surface area contributed by atoms with Gasteiger partial charge < -0.3 is 9.88 Å². The lowest BCUT2D eigenvalue weighted by Gasteiger charge is -2.16. The molecule has 0 spiro atoms. The molecule has 0 saturated carbocycles. The van der Waals surface area contributed by atoms with Crippen molar-refractivity contribution in [2.45, 2.75) is 64.6 Å². The van der Waals surface area contributed by atoms with Gasteiger partial charge in [0.05, 0.1) is 11.6 Å². The van der Waals surface area contributed by atoms with Crippen LogP contribution in [0.4, 0.5) is 0 Å². The normalized spacial score (nSPS) is 18.3. The maximum atomic E-state index is 13.2. The second-order valence-electron chi connectivity index (χ2n) is 8.26. The number of rotatable bonds is 3. The van der Waals surface area contributed by atoms with Crippen molar-refractivity contribution in [1.29, 1.82) is 0 Å². The summed E-state index contributed by atoms with van der Waals surface area (Å²) in [5.74, 6) is 0.816. The predicted molar refractivity (Wildman–Crippen MR) is 112 cm³/mol. The number of aromatic nitrogens is 3. The van der Waals surface area contributed by atoms with Crippen molar-refractivity contribution in [3.63, 3.8) is 0 Å². The van der Waals surface area contributed by atoms with E-state index in [9.17, 15) is 9.59 Å². The Kier molecular flexibility index (Phi) is 4.49. The fraction of sp³-hybridized carbons (Fsp3) is 0.435. The fourth-order valence-corrected chi connectivity index (χ4v) is 4.86. The van der Waals surface area contributed by atoms with Gasteiger partial charge in [0, 0.05) is 18.7 Å². The number of carbonyl (C=O) groups is 1. The number of carbonyl (C=O) groups excluding carboxylic acids is 1. The predicted octanol–water partition coefficient (Wildman–Crippen LogP) is 3.04. The van der Waals surface area contributed by atoms with Gasteiger partial charge in [-0.3, -0.25) is 14.2 Å². The van der Waals surface area contributed by atoms with Crippen LogP contribution in [0.2, 0.25) is 0 Å². The molecule has 150 valence electrons. The van der Waals surface area contributed by atoms with Crippen molar-refractivity contribution in [1.82, 2.24) is 19.4 Å². The monoisotopic (exact) mass is 390 g/mol. The van der Waals surface area contributed by atoms with Gasteiger partial charge in [-0.1, -0.05) is 30.7 Å². The van der Waals surface area contributed by atoms with Crippen molar-refractivity contribution >= 4 is 16.9 Å². The number of aryl methyl sites for hydroxylation is 3. The van der Waals surface area contributed by atoms with Crippen LogP contribution in [0.25, 0.3) is 11.0 Å². The molecule has 0 fully saturated rings. The number of hydrogen-bond acceptors (Lipinski definition) is 3. The summed E-state index contributed by atoms with van der Waals surface area (Å²) >= 11 is 0. The van der Waals surface area contributed by atoms with Gasteiger partial charge in [0.1, 0.15) is 17.9 Å². The van der Waals surface area contributed by atoms with E-state index in [1.165, 1.54) is 11.1 Å². The molecule has 0 saturated heterocycles. The van der Waals surface area contributed by atoms with E-state index < -0.39 is 0 Å². The Morgan fingerprint density at radius 3 is 2.97 bits per heavy atom. The van der Waals surface area contributed by atoms with Gasteiger partial charge in [-0.25, -0.2) is 4.98 Å². The number of hydrogen-bond donors (Lipinski definition) is 1. The van der Waals surface area contributed by atoms with Gasteiger partial charge in [-0.2, -0.15) is 0 Å². The summed E-state index contributed by atoms with van der Waals surface area (Å²) in [6.45, 7) is 2.80. The van der Waals surface area contributed by atoms with E-state index in [4.69, 9.17) is 4.98 Å². The largest absolute Gasteiger partial charge is 0.348 e. The molecule has 5 rings (SSSR count). The van der Waals surface area contributed by atoms with Crippen LogP contribution in [0.15, 0.2) is 35.1 Å². The van der Waals surface area contributed by atoms with Crippen LogP contribution in [0.5, 0.6) is 0 Å². The molecule has 0 radical (unpaired) electrons. The van der Waals surface area contributed by atoms with Gasteiger partial charge in [0.25, 0.3) is 5.56 Å². The number of nitrogens with one attached hydrogen (secondary N) is 1.